The number of nitrogens with zero attached hydrogens (tertiary/aromatic N) is 4. The lowest BCUT2D eigenvalue weighted by molar-refractivity contribution is -0.0912. The first-order chi connectivity index (χ1) is 16.0. The topological polar surface area (TPSA) is 102 Å². The molecule has 0 aliphatic heterocycles. The van der Waals surface area contributed by atoms with Gasteiger partial charge in [0.15, 0.2) is 6.29 Å². The average Bonchev–Trinajstić information content (AvgIpc) is 2.81. The van der Waals surface area contributed by atoms with E-state index in [1.54, 1.807) is 12.1 Å². The largest absolute Gasteiger partial charge is 0.489 e. The number of halogens is 1. The van der Waals surface area contributed by atoms with Gasteiger partial charge in [0.25, 0.3) is 0 Å². The Morgan fingerprint density at radius 2 is 1.82 bits per heavy atom. The van der Waals surface area contributed by atoms with Crippen LogP contribution in [0.1, 0.15) is 18.3 Å². The van der Waals surface area contributed by atoms with Crippen LogP contribution in [0.15, 0.2) is 54.9 Å². The summed E-state index contributed by atoms with van der Waals surface area (Å²) in [6, 6.07) is 13.8. The lowest BCUT2D eigenvalue weighted by Crippen LogP contribution is -2.13. The van der Waals surface area contributed by atoms with E-state index in [4.69, 9.17) is 9.47 Å². The summed E-state index contributed by atoms with van der Waals surface area (Å²) in [6.45, 7) is 4.28. The maximum Gasteiger partial charge on any atom is 0.151 e. The zero-order valence-electron chi connectivity index (χ0n) is 18.3. The third kappa shape index (κ3) is 5.76. The Morgan fingerprint density at radius 3 is 2.55 bits per heavy atom. The van der Waals surface area contributed by atoms with E-state index in [2.05, 4.69) is 25.5 Å². The number of aliphatic hydroxyl groups excluding tert-OH is 1. The third-order valence-electron chi connectivity index (χ3n) is 4.87. The van der Waals surface area contributed by atoms with Gasteiger partial charge in [-0.3, -0.25) is 0 Å². The highest BCUT2D eigenvalue weighted by Gasteiger charge is 2.13. The van der Waals surface area contributed by atoms with Gasteiger partial charge < -0.3 is 19.9 Å². The fourth-order valence-electron chi connectivity index (χ4n) is 3.26. The monoisotopic (exact) mass is 449 g/mol. The highest BCUT2D eigenvalue weighted by Crippen LogP contribution is 2.34. The molecule has 0 saturated heterocycles. The molecular formula is C24H24FN5O3. The van der Waals surface area contributed by atoms with Crippen molar-refractivity contribution in [2.75, 3.05) is 18.5 Å². The van der Waals surface area contributed by atoms with Crippen molar-refractivity contribution in [1.29, 1.82) is 0 Å². The zero-order chi connectivity index (χ0) is 23.2. The van der Waals surface area contributed by atoms with E-state index in [1.165, 1.54) is 25.4 Å². The number of nitrogens with one attached hydrogen (secondary N) is 1. The SMILES string of the molecule is Cc1ccc(CNc2ncnc3c(OCCOC(C)O)cc(-c4ccc(F)cc4)cc23)nn1. The summed E-state index contributed by atoms with van der Waals surface area (Å²) < 4.78 is 24.5. The zero-order valence-corrected chi connectivity index (χ0v) is 18.3. The number of benzene rings is 2. The van der Waals surface area contributed by atoms with Crippen molar-refractivity contribution < 1.29 is 19.0 Å². The van der Waals surface area contributed by atoms with E-state index >= 15 is 0 Å². The maximum absolute atomic E-state index is 13.5. The summed E-state index contributed by atoms with van der Waals surface area (Å²) in [5.41, 5.74) is 3.88. The van der Waals surface area contributed by atoms with E-state index in [-0.39, 0.29) is 19.0 Å². The van der Waals surface area contributed by atoms with Gasteiger partial charge in [0.1, 0.15) is 35.8 Å². The second kappa shape index (κ2) is 10.3. The van der Waals surface area contributed by atoms with Crippen molar-refractivity contribution in [3.63, 3.8) is 0 Å². The van der Waals surface area contributed by atoms with Crippen LogP contribution >= 0.6 is 0 Å². The molecule has 2 N–H and O–H groups in total. The molecule has 0 fully saturated rings. The van der Waals surface area contributed by atoms with E-state index < -0.39 is 6.29 Å². The van der Waals surface area contributed by atoms with Gasteiger partial charge in [0.05, 0.1) is 24.5 Å². The number of hydrogen-bond donors (Lipinski definition) is 2. The molecule has 0 saturated carbocycles. The summed E-state index contributed by atoms with van der Waals surface area (Å²) in [5.74, 6) is 0.828. The Morgan fingerprint density at radius 1 is 1.00 bits per heavy atom. The number of aromatic nitrogens is 4. The summed E-state index contributed by atoms with van der Waals surface area (Å²) in [4.78, 5) is 8.82. The van der Waals surface area contributed by atoms with Gasteiger partial charge >= 0.3 is 0 Å². The van der Waals surface area contributed by atoms with Gasteiger partial charge in [-0.25, -0.2) is 14.4 Å². The minimum absolute atomic E-state index is 0.211. The van der Waals surface area contributed by atoms with E-state index in [0.29, 0.717) is 23.6 Å². The van der Waals surface area contributed by atoms with Crippen molar-refractivity contribution in [2.24, 2.45) is 0 Å². The Balaban J connectivity index is 1.69. The highest BCUT2D eigenvalue weighted by molar-refractivity contribution is 5.96. The number of aliphatic hydroxyl groups is 1. The molecule has 8 nitrogen and oxygen atoms in total. The van der Waals surface area contributed by atoms with Crippen molar-refractivity contribution >= 4 is 16.7 Å². The van der Waals surface area contributed by atoms with Gasteiger partial charge in [-0.1, -0.05) is 12.1 Å². The third-order valence-corrected chi connectivity index (χ3v) is 4.87. The molecule has 0 spiro atoms. The number of hydrogen-bond acceptors (Lipinski definition) is 8. The van der Waals surface area contributed by atoms with Crippen LogP contribution in [-0.2, 0) is 11.3 Å². The first kappa shape index (κ1) is 22.5. The van der Waals surface area contributed by atoms with E-state index in [1.807, 2.05) is 31.2 Å². The van der Waals surface area contributed by atoms with Crippen molar-refractivity contribution in [1.82, 2.24) is 20.2 Å². The van der Waals surface area contributed by atoms with Gasteiger partial charge in [-0.15, -0.1) is 0 Å². The van der Waals surface area contributed by atoms with Gasteiger partial charge in [-0.2, -0.15) is 10.2 Å². The van der Waals surface area contributed by atoms with Crippen LogP contribution in [0.25, 0.3) is 22.0 Å². The minimum atomic E-state index is -0.876. The molecule has 1 unspecified atom stereocenters. The predicted molar refractivity (Wildman–Crippen MR) is 122 cm³/mol. The summed E-state index contributed by atoms with van der Waals surface area (Å²) in [5, 5.41) is 21.6. The molecule has 0 bridgehead atoms. The fourth-order valence-corrected chi connectivity index (χ4v) is 3.26. The Labute approximate surface area is 190 Å². The van der Waals surface area contributed by atoms with Gasteiger partial charge in [-0.05, 0) is 61.4 Å². The Hall–Kier alpha value is -3.69. The molecule has 1 atom stereocenters. The first-order valence-electron chi connectivity index (χ1n) is 10.5. The maximum atomic E-state index is 13.5. The Bertz CT molecular complexity index is 1220. The van der Waals surface area contributed by atoms with Gasteiger partial charge in [0.2, 0.25) is 0 Å². The van der Waals surface area contributed by atoms with Crippen LogP contribution in [0, 0.1) is 12.7 Å². The molecule has 2 heterocycles. The molecule has 0 aliphatic rings. The van der Waals surface area contributed by atoms with Crippen LogP contribution in [-0.4, -0.2) is 44.8 Å². The number of aryl methyl sites for hydroxylation is 1. The predicted octanol–water partition coefficient (Wildman–Crippen LogP) is 3.88. The molecule has 0 amide bonds. The highest BCUT2D eigenvalue weighted by atomic mass is 19.1. The molecule has 9 heteroatoms. The Kier molecular flexibility index (Phi) is 7.01. The second-order valence-corrected chi connectivity index (χ2v) is 7.44. The normalized spacial score (nSPS) is 12.0. The summed E-state index contributed by atoms with van der Waals surface area (Å²) >= 11 is 0. The van der Waals surface area contributed by atoms with Crippen molar-refractivity contribution in [3.05, 3.63) is 72.1 Å². The smallest absolute Gasteiger partial charge is 0.151 e. The molecular weight excluding hydrogens is 425 g/mol. The van der Waals surface area contributed by atoms with E-state index in [0.717, 1.165) is 27.9 Å². The number of anilines is 1. The number of rotatable bonds is 9. The number of ether oxygens (including phenoxy) is 2. The molecule has 170 valence electrons. The van der Waals surface area contributed by atoms with Crippen LogP contribution in [0.5, 0.6) is 5.75 Å². The molecule has 2 aromatic carbocycles. The first-order valence-corrected chi connectivity index (χ1v) is 10.5. The fraction of sp³-hybridized carbons (Fsp3) is 0.250. The van der Waals surface area contributed by atoms with Crippen molar-refractivity contribution in [3.8, 4) is 16.9 Å². The molecule has 0 radical (unpaired) electrons. The quantitative estimate of drug-likeness (QED) is 0.293. The molecule has 0 aliphatic carbocycles. The lowest BCUT2D eigenvalue weighted by Gasteiger charge is -2.15. The number of fused-ring (bicyclic) bond motifs is 1. The van der Waals surface area contributed by atoms with Gasteiger partial charge in [0, 0.05) is 5.39 Å². The molecule has 4 rings (SSSR count). The standard InChI is InChI=1S/C24H24FN5O3/c1-15-3-8-20(30-29-15)13-26-24-21-11-18(17-4-6-19(25)7-5-17)12-22(23(21)27-14-28-24)33-10-9-32-16(2)31/h3-8,11-12,14,16,31H,9-10,13H2,1-2H3,(H,26,27,28). The average molecular weight is 449 g/mol. The second-order valence-electron chi connectivity index (χ2n) is 7.44. The lowest BCUT2D eigenvalue weighted by atomic mass is 10.0. The van der Waals surface area contributed by atoms with Crippen LogP contribution in [0.4, 0.5) is 10.2 Å². The summed E-state index contributed by atoms with van der Waals surface area (Å²) in [6.07, 6.45) is 0.585. The van der Waals surface area contributed by atoms with Crippen LogP contribution in [0.2, 0.25) is 0 Å². The van der Waals surface area contributed by atoms with Crippen LogP contribution < -0.4 is 10.1 Å². The van der Waals surface area contributed by atoms with Crippen LogP contribution in [0.3, 0.4) is 0 Å². The molecule has 4 aromatic rings. The molecule has 2 aromatic heterocycles. The van der Waals surface area contributed by atoms with E-state index in [9.17, 15) is 9.50 Å². The minimum Gasteiger partial charge on any atom is -0.489 e. The molecule has 33 heavy (non-hydrogen) atoms. The van der Waals surface area contributed by atoms with Crippen molar-refractivity contribution in [2.45, 2.75) is 26.7 Å². The summed E-state index contributed by atoms with van der Waals surface area (Å²) in [7, 11) is 0.